The summed E-state index contributed by atoms with van der Waals surface area (Å²) in [5, 5.41) is 0. The van der Waals surface area contributed by atoms with E-state index in [1.54, 1.807) is 0 Å². The van der Waals surface area contributed by atoms with Crippen molar-refractivity contribution in [2.75, 3.05) is 0 Å². The van der Waals surface area contributed by atoms with Crippen LogP contribution < -0.4 is 5.73 Å². The minimum atomic E-state index is 0.239. The normalized spacial score (nSPS) is 24.6. The first-order valence-electron chi connectivity index (χ1n) is 8.44. The summed E-state index contributed by atoms with van der Waals surface area (Å²) in [6.07, 6.45) is 9.60. The monoisotopic (exact) mass is 273 g/mol. The molecule has 0 bridgehead atoms. The molecule has 0 aromatic heterocycles. The first kappa shape index (κ1) is 15.6. The number of benzene rings is 1. The van der Waals surface area contributed by atoms with Crippen molar-refractivity contribution in [3.8, 4) is 0 Å². The van der Waals surface area contributed by atoms with Crippen molar-refractivity contribution in [2.45, 2.75) is 71.8 Å². The van der Waals surface area contributed by atoms with Gasteiger partial charge in [-0.25, -0.2) is 0 Å². The molecule has 1 heteroatoms. The molecule has 1 nitrogen and oxygen atoms in total. The second-order valence-corrected chi connectivity index (χ2v) is 6.81. The van der Waals surface area contributed by atoms with Crippen LogP contribution in [0.4, 0.5) is 0 Å². The molecular formula is C19H31N. The SMILES string of the molecule is CCCCC1CCC(C(N)c2ccc(C)cc2C)CC1. The molecule has 20 heavy (non-hydrogen) atoms. The highest BCUT2D eigenvalue weighted by Gasteiger charge is 2.26. The number of aryl methyl sites for hydroxylation is 2. The van der Waals surface area contributed by atoms with Gasteiger partial charge in [-0.2, -0.15) is 0 Å². The summed E-state index contributed by atoms with van der Waals surface area (Å²) < 4.78 is 0. The van der Waals surface area contributed by atoms with Gasteiger partial charge in [0.25, 0.3) is 0 Å². The van der Waals surface area contributed by atoms with E-state index in [1.807, 2.05) is 0 Å². The zero-order valence-electron chi connectivity index (χ0n) is 13.5. The van der Waals surface area contributed by atoms with Crippen molar-refractivity contribution < 1.29 is 0 Å². The predicted molar refractivity (Wildman–Crippen MR) is 87.8 cm³/mol. The molecule has 0 aliphatic heterocycles. The molecule has 1 fully saturated rings. The molecule has 0 spiro atoms. The molecule has 0 saturated heterocycles. The number of hydrogen-bond donors (Lipinski definition) is 1. The van der Waals surface area contributed by atoms with E-state index in [1.165, 1.54) is 61.6 Å². The van der Waals surface area contributed by atoms with Crippen molar-refractivity contribution in [3.05, 3.63) is 34.9 Å². The maximum atomic E-state index is 6.57. The molecule has 0 heterocycles. The molecule has 2 rings (SSSR count). The van der Waals surface area contributed by atoms with Crippen LogP contribution in [0.2, 0.25) is 0 Å². The van der Waals surface area contributed by atoms with E-state index in [-0.39, 0.29) is 6.04 Å². The Hall–Kier alpha value is -0.820. The lowest BCUT2D eigenvalue weighted by atomic mass is 9.75. The lowest BCUT2D eigenvalue weighted by Crippen LogP contribution is -2.26. The lowest BCUT2D eigenvalue weighted by Gasteiger charge is -2.33. The van der Waals surface area contributed by atoms with Crippen LogP contribution in [0.25, 0.3) is 0 Å². The summed E-state index contributed by atoms with van der Waals surface area (Å²) >= 11 is 0. The summed E-state index contributed by atoms with van der Waals surface area (Å²) in [4.78, 5) is 0. The highest BCUT2D eigenvalue weighted by molar-refractivity contribution is 5.33. The second kappa shape index (κ2) is 7.26. The smallest absolute Gasteiger partial charge is 0.0326 e. The number of rotatable bonds is 5. The highest BCUT2D eigenvalue weighted by atomic mass is 14.7. The highest BCUT2D eigenvalue weighted by Crippen LogP contribution is 2.38. The first-order valence-corrected chi connectivity index (χ1v) is 8.44. The van der Waals surface area contributed by atoms with Crippen LogP contribution in [0.3, 0.4) is 0 Å². The Kier molecular flexibility index (Phi) is 5.65. The first-order chi connectivity index (χ1) is 9.61. The van der Waals surface area contributed by atoms with Crippen molar-refractivity contribution in [1.29, 1.82) is 0 Å². The molecule has 1 aliphatic carbocycles. The molecule has 0 amide bonds. The molecule has 112 valence electrons. The van der Waals surface area contributed by atoms with E-state index >= 15 is 0 Å². The summed E-state index contributed by atoms with van der Waals surface area (Å²) in [5.74, 6) is 1.66. The van der Waals surface area contributed by atoms with Crippen molar-refractivity contribution in [2.24, 2.45) is 17.6 Å². The number of unbranched alkanes of at least 4 members (excludes halogenated alkanes) is 1. The summed E-state index contributed by atoms with van der Waals surface area (Å²) in [7, 11) is 0. The van der Waals surface area contributed by atoms with Gasteiger partial charge in [0, 0.05) is 6.04 Å². The Morgan fingerprint density at radius 3 is 2.45 bits per heavy atom. The fraction of sp³-hybridized carbons (Fsp3) is 0.684. The minimum Gasteiger partial charge on any atom is -0.324 e. The fourth-order valence-electron chi connectivity index (χ4n) is 3.78. The zero-order chi connectivity index (χ0) is 14.5. The van der Waals surface area contributed by atoms with Gasteiger partial charge in [-0.05, 0) is 49.7 Å². The Morgan fingerprint density at radius 2 is 1.85 bits per heavy atom. The fourth-order valence-corrected chi connectivity index (χ4v) is 3.78. The van der Waals surface area contributed by atoms with E-state index in [9.17, 15) is 0 Å². The van der Waals surface area contributed by atoms with Gasteiger partial charge in [-0.3, -0.25) is 0 Å². The third-order valence-corrected chi connectivity index (χ3v) is 5.15. The standard InChI is InChI=1S/C19H31N/c1-4-5-6-16-8-10-17(11-9-16)19(20)18-12-7-14(2)13-15(18)3/h7,12-13,16-17,19H,4-6,8-11,20H2,1-3H3. The van der Waals surface area contributed by atoms with E-state index in [2.05, 4.69) is 39.0 Å². The lowest BCUT2D eigenvalue weighted by molar-refractivity contribution is 0.232. The van der Waals surface area contributed by atoms with Crippen molar-refractivity contribution in [1.82, 2.24) is 0 Å². The van der Waals surface area contributed by atoms with Crippen LogP contribution in [0.15, 0.2) is 18.2 Å². The van der Waals surface area contributed by atoms with E-state index in [0.29, 0.717) is 5.92 Å². The van der Waals surface area contributed by atoms with Gasteiger partial charge in [0.05, 0.1) is 0 Å². The third-order valence-electron chi connectivity index (χ3n) is 5.15. The van der Waals surface area contributed by atoms with Crippen LogP contribution in [-0.4, -0.2) is 0 Å². The van der Waals surface area contributed by atoms with Gasteiger partial charge >= 0.3 is 0 Å². The Labute approximate surface area is 125 Å². The van der Waals surface area contributed by atoms with Crippen LogP contribution in [0, 0.1) is 25.7 Å². The summed E-state index contributed by atoms with van der Waals surface area (Å²) in [6, 6.07) is 6.96. The summed E-state index contributed by atoms with van der Waals surface area (Å²) in [5.41, 5.74) is 10.6. The van der Waals surface area contributed by atoms with Gasteiger partial charge in [-0.15, -0.1) is 0 Å². The van der Waals surface area contributed by atoms with Crippen molar-refractivity contribution in [3.63, 3.8) is 0 Å². The number of nitrogens with two attached hydrogens (primary N) is 1. The van der Waals surface area contributed by atoms with Gasteiger partial charge in [0.15, 0.2) is 0 Å². The van der Waals surface area contributed by atoms with Gasteiger partial charge in [0.1, 0.15) is 0 Å². The van der Waals surface area contributed by atoms with Crippen molar-refractivity contribution >= 4 is 0 Å². The van der Waals surface area contributed by atoms with E-state index in [0.717, 1.165) is 5.92 Å². The third kappa shape index (κ3) is 3.85. The van der Waals surface area contributed by atoms with Crippen LogP contribution in [0.1, 0.15) is 74.6 Å². The van der Waals surface area contributed by atoms with E-state index < -0.39 is 0 Å². The van der Waals surface area contributed by atoms with Gasteiger partial charge in [0.2, 0.25) is 0 Å². The van der Waals surface area contributed by atoms with Crippen LogP contribution in [-0.2, 0) is 0 Å². The Balaban J connectivity index is 1.92. The molecule has 1 atom stereocenters. The predicted octanol–water partition coefficient (Wildman–Crippen LogP) is 5.30. The average Bonchev–Trinajstić information content (AvgIpc) is 2.45. The average molecular weight is 273 g/mol. The molecule has 1 unspecified atom stereocenters. The molecule has 0 radical (unpaired) electrons. The van der Waals surface area contributed by atoms with Crippen LogP contribution in [0.5, 0.6) is 0 Å². The Morgan fingerprint density at radius 1 is 1.15 bits per heavy atom. The maximum Gasteiger partial charge on any atom is 0.0326 e. The van der Waals surface area contributed by atoms with Crippen LogP contribution >= 0.6 is 0 Å². The molecule has 1 aromatic rings. The molecule has 1 saturated carbocycles. The largest absolute Gasteiger partial charge is 0.324 e. The van der Waals surface area contributed by atoms with Gasteiger partial charge in [-0.1, -0.05) is 62.8 Å². The molecular weight excluding hydrogens is 242 g/mol. The van der Waals surface area contributed by atoms with Gasteiger partial charge < -0.3 is 5.73 Å². The zero-order valence-corrected chi connectivity index (χ0v) is 13.5. The Bertz CT molecular complexity index is 416. The molecule has 1 aliphatic rings. The summed E-state index contributed by atoms with van der Waals surface area (Å²) in [6.45, 7) is 6.65. The quantitative estimate of drug-likeness (QED) is 0.774. The maximum absolute atomic E-state index is 6.57. The molecule has 1 aromatic carbocycles. The molecule has 2 N–H and O–H groups in total. The van der Waals surface area contributed by atoms with E-state index in [4.69, 9.17) is 5.73 Å². The number of hydrogen-bond acceptors (Lipinski definition) is 1. The minimum absolute atomic E-state index is 0.239. The second-order valence-electron chi connectivity index (χ2n) is 6.81. The topological polar surface area (TPSA) is 26.0 Å².